The van der Waals surface area contributed by atoms with Gasteiger partial charge < -0.3 is 9.15 Å². The van der Waals surface area contributed by atoms with Crippen LogP contribution in [0.15, 0.2) is 57.7 Å². The molecule has 0 amide bonds. The fraction of sp³-hybridized carbons (Fsp3) is 0.176. The number of fused-ring (bicyclic) bond motifs is 1. The Kier molecular flexibility index (Phi) is 3.69. The molecule has 0 spiro atoms. The first-order valence-electron chi connectivity index (χ1n) is 6.87. The molecule has 0 fully saturated rings. The smallest absolute Gasteiger partial charge is 0.397 e. The number of aryl methyl sites for hydroxylation is 1. The van der Waals surface area contributed by atoms with Crippen molar-refractivity contribution in [3.05, 3.63) is 70.1 Å². The highest BCUT2D eigenvalue weighted by atomic mass is 16.6. The van der Waals surface area contributed by atoms with E-state index in [2.05, 4.69) is 4.98 Å². The van der Waals surface area contributed by atoms with Gasteiger partial charge in [0.05, 0.1) is 10.9 Å². The van der Waals surface area contributed by atoms with Gasteiger partial charge >= 0.3 is 11.7 Å². The number of hydrogen-bond donors (Lipinski definition) is 0. The van der Waals surface area contributed by atoms with Gasteiger partial charge in [0, 0.05) is 0 Å². The summed E-state index contributed by atoms with van der Waals surface area (Å²) in [6.45, 7) is 2.31. The zero-order chi connectivity index (χ0) is 14.7. The minimum atomic E-state index is -0.402. The number of hydrogen-bond acceptors (Lipinski definition) is 4. The summed E-state index contributed by atoms with van der Waals surface area (Å²) in [6, 6.07) is 15.3. The lowest BCUT2D eigenvalue weighted by Gasteiger charge is -2.06. The van der Waals surface area contributed by atoms with Crippen molar-refractivity contribution in [3.63, 3.8) is 0 Å². The van der Waals surface area contributed by atoms with Crippen LogP contribution in [0.3, 0.4) is 0 Å². The standard InChI is InChI=1S/C17H15NO3/c1-2-13-9-6-10-14-15(13)16(19)21-17(18-14)20-11-12-7-4-3-5-8-12/h3-10H,2,11H2,1H3. The second-order valence-electron chi connectivity index (χ2n) is 4.71. The second-order valence-corrected chi connectivity index (χ2v) is 4.71. The number of ether oxygens (including phenoxy) is 1. The summed E-state index contributed by atoms with van der Waals surface area (Å²) >= 11 is 0. The molecule has 4 nitrogen and oxygen atoms in total. The van der Waals surface area contributed by atoms with Crippen LogP contribution >= 0.6 is 0 Å². The Morgan fingerprint density at radius 1 is 1.10 bits per heavy atom. The van der Waals surface area contributed by atoms with Crippen LogP contribution in [0.4, 0.5) is 0 Å². The minimum absolute atomic E-state index is 0.00426. The maximum Gasteiger partial charge on any atom is 0.397 e. The van der Waals surface area contributed by atoms with E-state index in [-0.39, 0.29) is 6.08 Å². The zero-order valence-corrected chi connectivity index (χ0v) is 11.7. The van der Waals surface area contributed by atoms with Crippen LogP contribution in [-0.4, -0.2) is 4.98 Å². The summed E-state index contributed by atoms with van der Waals surface area (Å²) in [5, 5.41) is 0.534. The first-order chi connectivity index (χ1) is 10.3. The predicted octanol–water partition coefficient (Wildman–Crippen LogP) is 3.33. The van der Waals surface area contributed by atoms with Crippen LogP contribution in [0.2, 0.25) is 0 Å². The van der Waals surface area contributed by atoms with Crippen LogP contribution in [0.1, 0.15) is 18.1 Å². The van der Waals surface area contributed by atoms with Crippen molar-refractivity contribution < 1.29 is 9.15 Å². The highest BCUT2D eigenvalue weighted by molar-refractivity contribution is 5.80. The van der Waals surface area contributed by atoms with Gasteiger partial charge in [-0.1, -0.05) is 49.4 Å². The highest BCUT2D eigenvalue weighted by Gasteiger charge is 2.10. The Balaban J connectivity index is 1.92. The molecule has 0 saturated heterocycles. The summed E-state index contributed by atoms with van der Waals surface area (Å²) in [4.78, 5) is 16.4. The molecule has 0 aliphatic carbocycles. The first-order valence-corrected chi connectivity index (χ1v) is 6.87. The number of rotatable bonds is 4. The quantitative estimate of drug-likeness (QED) is 0.736. The molecule has 3 aromatic rings. The fourth-order valence-corrected chi connectivity index (χ4v) is 2.24. The Morgan fingerprint density at radius 2 is 1.90 bits per heavy atom. The monoisotopic (exact) mass is 281 g/mol. The molecule has 1 aromatic heterocycles. The van der Waals surface area contributed by atoms with Gasteiger partial charge in [-0.15, -0.1) is 0 Å². The van der Waals surface area contributed by atoms with E-state index in [0.717, 1.165) is 17.5 Å². The molecular formula is C17H15NO3. The molecule has 0 aliphatic heterocycles. The largest absolute Gasteiger partial charge is 0.445 e. The molecule has 21 heavy (non-hydrogen) atoms. The van der Waals surface area contributed by atoms with Gasteiger partial charge in [-0.2, -0.15) is 4.98 Å². The summed E-state index contributed by atoms with van der Waals surface area (Å²) < 4.78 is 10.6. The van der Waals surface area contributed by atoms with Crippen molar-refractivity contribution in [1.82, 2.24) is 4.98 Å². The lowest BCUT2D eigenvalue weighted by Crippen LogP contribution is -2.07. The van der Waals surface area contributed by atoms with E-state index in [1.54, 1.807) is 6.07 Å². The lowest BCUT2D eigenvalue weighted by molar-refractivity contribution is 0.207. The van der Waals surface area contributed by atoms with Gasteiger partial charge in [0.1, 0.15) is 6.61 Å². The average Bonchev–Trinajstić information content (AvgIpc) is 2.53. The van der Waals surface area contributed by atoms with Gasteiger partial charge in [-0.25, -0.2) is 4.79 Å². The molecule has 0 atom stereocenters. The topological polar surface area (TPSA) is 52.3 Å². The third-order valence-corrected chi connectivity index (χ3v) is 3.31. The average molecular weight is 281 g/mol. The molecule has 4 heteroatoms. The van der Waals surface area contributed by atoms with Crippen molar-refractivity contribution in [2.45, 2.75) is 20.0 Å². The second kappa shape index (κ2) is 5.79. The van der Waals surface area contributed by atoms with Gasteiger partial charge in [-0.3, -0.25) is 0 Å². The summed E-state index contributed by atoms with van der Waals surface area (Å²) in [5.41, 5.74) is 2.13. The van der Waals surface area contributed by atoms with E-state index in [9.17, 15) is 4.79 Å². The van der Waals surface area contributed by atoms with Crippen molar-refractivity contribution in [3.8, 4) is 6.08 Å². The molecule has 0 saturated carbocycles. The molecule has 0 N–H and O–H groups in total. The van der Waals surface area contributed by atoms with Crippen LogP contribution < -0.4 is 10.4 Å². The summed E-state index contributed by atoms with van der Waals surface area (Å²) in [7, 11) is 0. The number of benzene rings is 2. The molecule has 0 bridgehead atoms. The van der Waals surface area contributed by atoms with Crippen molar-refractivity contribution in [1.29, 1.82) is 0 Å². The van der Waals surface area contributed by atoms with E-state index in [4.69, 9.17) is 9.15 Å². The van der Waals surface area contributed by atoms with Crippen LogP contribution in [-0.2, 0) is 13.0 Å². The minimum Gasteiger partial charge on any atom is -0.445 e. The van der Waals surface area contributed by atoms with Crippen LogP contribution in [0, 0.1) is 0 Å². The van der Waals surface area contributed by atoms with Crippen molar-refractivity contribution >= 4 is 10.9 Å². The van der Waals surface area contributed by atoms with Crippen molar-refractivity contribution in [2.24, 2.45) is 0 Å². The molecule has 1 heterocycles. The van der Waals surface area contributed by atoms with E-state index < -0.39 is 5.63 Å². The normalized spacial score (nSPS) is 10.7. The zero-order valence-electron chi connectivity index (χ0n) is 11.7. The first kappa shape index (κ1) is 13.4. The Labute approximate surface area is 122 Å². The third-order valence-electron chi connectivity index (χ3n) is 3.31. The van der Waals surface area contributed by atoms with Crippen LogP contribution in [0.25, 0.3) is 10.9 Å². The lowest BCUT2D eigenvalue weighted by atomic mass is 10.1. The Morgan fingerprint density at radius 3 is 2.67 bits per heavy atom. The van der Waals surface area contributed by atoms with E-state index >= 15 is 0 Å². The van der Waals surface area contributed by atoms with Gasteiger partial charge in [0.15, 0.2) is 0 Å². The number of nitrogens with zero attached hydrogens (tertiary/aromatic N) is 1. The Bertz CT molecular complexity index is 809. The van der Waals surface area contributed by atoms with Gasteiger partial charge in [0.25, 0.3) is 0 Å². The fourth-order valence-electron chi connectivity index (χ4n) is 2.24. The number of aromatic nitrogens is 1. The van der Waals surface area contributed by atoms with Crippen molar-refractivity contribution in [2.75, 3.05) is 0 Å². The summed E-state index contributed by atoms with van der Waals surface area (Å²) in [6.07, 6.45) is 0.762. The van der Waals surface area contributed by atoms with Gasteiger partial charge in [0.2, 0.25) is 0 Å². The van der Waals surface area contributed by atoms with E-state index in [1.165, 1.54) is 0 Å². The SMILES string of the molecule is CCc1cccc2nc(OCc3ccccc3)oc(=O)c12. The maximum absolute atomic E-state index is 12.1. The molecule has 2 aromatic carbocycles. The predicted molar refractivity (Wildman–Crippen MR) is 80.4 cm³/mol. The van der Waals surface area contributed by atoms with Crippen LogP contribution in [0.5, 0.6) is 6.08 Å². The highest BCUT2D eigenvalue weighted by Crippen LogP contribution is 2.17. The van der Waals surface area contributed by atoms with E-state index in [1.807, 2.05) is 49.4 Å². The molecule has 0 aliphatic rings. The molecule has 0 radical (unpaired) electrons. The molecule has 106 valence electrons. The summed E-state index contributed by atoms with van der Waals surface area (Å²) in [5.74, 6) is 0. The Hall–Kier alpha value is -2.62. The van der Waals surface area contributed by atoms with E-state index in [0.29, 0.717) is 17.5 Å². The molecule has 3 rings (SSSR count). The molecule has 0 unspecified atom stereocenters. The maximum atomic E-state index is 12.1. The third kappa shape index (κ3) is 2.79. The van der Waals surface area contributed by atoms with Gasteiger partial charge in [-0.05, 0) is 23.6 Å². The molecular weight excluding hydrogens is 266 g/mol.